The van der Waals surface area contributed by atoms with E-state index in [-0.39, 0.29) is 24.4 Å². The van der Waals surface area contributed by atoms with Gasteiger partial charge in [-0.15, -0.1) is 0 Å². The molecule has 192 valence electrons. The fraction of sp³-hybridized carbons (Fsp3) is 0.400. The SMILES string of the molecule is COc1cccc(Cn2cccc2CN(Cc2ccccc2)C(=O)CN(C(=O)C(C)(C)C)C(C)C)c1. The molecule has 0 N–H and O–H groups in total. The van der Waals surface area contributed by atoms with Gasteiger partial charge >= 0.3 is 0 Å². The molecule has 0 radical (unpaired) electrons. The molecule has 0 atom stereocenters. The first-order valence-electron chi connectivity index (χ1n) is 12.5. The molecule has 2 amide bonds. The van der Waals surface area contributed by atoms with Gasteiger partial charge < -0.3 is 19.1 Å². The molecule has 6 nitrogen and oxygen atoms in total. The van der Waals surface area contributed by atoms with Crippen LogP contribution in [0.2, 0.25) is 0 Å². The van der Waals surface area contributed by atoms with Crippen LogP contribution in [-0.2, 0) is 29.2 Å². The Bertz CT molecular complexity index is 1150. The van der Waals surface area contributed by atoms with Crippen LogP contribution in [0.3, 0.4) is 0 Å². The van der Waals surface area contributed by atoms with Crippen molar-refractivity contribution in [3.63, 3.8) is 0 Å². The van der Waals surface area contributed by atoms with E-state index in [0.29, 0.717) is 19.6 Å². The van der Waals surface area contributed by atoms with Gasteiger partial charge in [0, 0.05) is 36.4 Å². The number of ether oxygens (including phenoxy) is 1. The standard InChI is InChI=1S/C30H39N3O3/c1-23(2)33(29(35)30(3,4)5)22-28(34)32(19-24-12-8-7-9-13-24)21-26-15-11-17-31(26)20-25-14-10-16-27(18-25)36-6/h7-18,23H,19-22H2,1-6H3. The zero-order valence-corrected chi connectivity index (χ0v) is 22.4. The van der Waals surface area contributed by atoms with E-state index in [2.05, 4.69) is 10.6 Å². The molecule has 0 spiro atoms. The summed E-state index contributed by atoms with van der Waals surface area (Å²) in [7, 11) is 1.66. The van der Waals surface area contributed by atoms with Crippen molar-refractivity contribution in [1.82, 2.24) is 14.4 Å². The van der Waals surface area contributed by atoms with E-state index in [0.717, 1.165) is 22.6 Å². The highest BCUT2D eigenvalue weighted by atomic mass is 16.5. The van der Waals surface area contributed by atoms with Gasteiger partial charge in [0.1, 0.15) is 12.3 Å². The van der Waals surface area contributed by atoms with Crippen molar-refractivity contribution in [2.75, 3.05) is 13.7 Å². The van der Waals surface area contributed by atoms with Crippen LogP contribution in [-0.4, -0.2) is 45.9 Å². The number of carbonyl (C=O) groups excluding carboxylic acids is 2. The van der Waals surface area contributed by atoms with Gasteiger partial charge in [-0.05, 0) is 49.2 Å². The Morgan fingerprint density at radius 3 is 2.25 bits per heavy atom. The van der Waals surface area contributed by atoms with Crippen LogP contribution in [0.25, 0.3) is 0 Å². The Labute approximate surface area is 215 Å². The van der Waals surface area contributed by atoms with Crippen molar-refractivity contribution in [3.05, 3.63) is 89.7 Å². The van der Waals surface area contributed by atoms with E-state index in [1.807, 2.05) is 106 Å². The number of amides is 2. The molecule has 36 heavy (non-hydrogen) atoms. The van der Waals surface area contributed by atoms with Gasteiger partial charge in [-0.2, -0.15) is 0 Å². The van der Waals surface area contributed by atoms with Crippen molar-refractivity contribution in [2.45, 2.75) is 60.3 Å². The summed E-state index contributed by atoms with van der Waals surface area (Å²) < 4.78 is 7.53. The van der Waals surface area contributed by atoms with Gasteiger partial charge in [-0.3, -0.25) is 9.59 Å². The lowest BCUT2D eigenvalue weighted by atomic mass is 9.94. The molecule has 0 aliphatic rings. The van der Waals surface area contributed by atoms with Crippen LogP contribution in [0, 0.1) is 5.41 Å². The van der Waals surface area contributed by atoms with Gasteiger partial charge in [0.15, 0.2) is 0 Å². The third kappa shape index (κ3) is 7.23. The zero-order valence-electron chi connectivity index (χ0n) is 22.4. The number of carbonyl (C=O) groups is 2. The maximum atomic E-state index is 13.7. The number of nitrogens with zero attached hydrogens (tertiary/aromatic N) is 3. The maximum absolute atomic E-state index is 13.7. The van der Waals surface area contributed by atoms with Crippen LogP contribution in [0.1, 0.15) is 51.4 Å². The topological polar surface area (TPSA) is 54.8 Å². The van der Waals surface area contributed by atoms with Gasteiger partial charge in [0.05, 0.1) is 13.7 Å². The van der Waals surface area contributed by atoms with Gasteiger partial charge in [0.2, 0.25) is 11.8 Å². The second kappa shape index (κ2) is 11.9. The van der Waals surface area contributed by atoms with Gasteiger partial charge in [-0.1, -0.05) is 63.2 Å². The monoisotopic (exact) mass is 489 g/mol. The van der Waals surface area contributed by atoms with Crippen molar-refractivity contribution in [2.24, 2.45) is 5.41 Å². The van der Waals surface area contributed by atoms with E-state index in [1.54, 1.807) is 12.0 Å². The number of methoxy groups -OCH3 is 1. The number of hydrogen-bond donors (Lipinski definition) is 0. The van der Waals surface area contributed by atoms with Crippen molar-refractivity contribution < 1.29 is 14.3 Å². The first kappa shape index (κ1) is 27.1. The normalized spacial score (nSPS) is 11.4. The van der Waals surface area contributed by atoms with Crippen molar-refractivity contribution in [1.29, 1.82) is 0 Å². The molecule has 1 aromatic heterocycles. The second-order valence-electron chi connectivity index (χ2n) is 10.5. The van der Waals surface area contributed by atoms with Crippen LogP contribution in [0.4, 0.5) is 0 Å². The Morgan fingerprint density at radius 2 is 1.61 bits per heavy atom. The predicted octanol–water partition coefficient (Wildman–Crippen LogP) is 5.36. The van der Waals surface area contributed by atoms with E-state index in [4.69, 9.17) is 4.74 Å². The number of rotatable bonds is 10. The summed E-state index contributed by atoms with van der Waals surface area (Å²) in [6.45, 7) is 11.2. The lowest BCUT2D eigenvalue weighted by molar-refractivity contribution is -0.147. The average molecular weight is 490 g/mol. The number of benzene rings is 2. The predicted molar refractivity (Wildman–Crippen MR) is 144 cm³/mol. The van der Waals surface area contributed by atoms with Crippen molar-refractivity contribution >= 4 is 11.8 Å². The Hall–Kier alpha value is -3.54. The smallest absolute Gasteiger partial charge is 0.242 e. The van der Waals surface area contributed by atoms with E-state index >= 15 is 0 Å². The fourth-order valence-corrected chi connectivity index (χ4v) is 4.11. The molecule has 0 aliphatic carbocycles. The lowest BCUT2D eigenvalue weighted by Crippen LogP contribution is -2.49. The highest BCUT2D eigenvalue weighted by Gasteiger charge is 2.31. The highest BCUT2D eigenvalue weighted by molar-refractivity contribution is 5.87. The van der Waals surface area contributed by atoms with Crippen LogP contribution in [0.5, 0.6) is 5.75 Å². The zero-order chi connectivity index (χ0) is 26.3. The summed E-state index contributed by atoms with van der Waals surface area (Å²) in [5.74, 6) is 0.727. The molecule has 1 heterocycles. The third-order valence-electron chi connectivity index (χ3n) is 6.16. The Morgan fingerprint density at radius 1 is 0.917 bits per heavy atom. The number of aromatic nitrogens is 1. The van der Waals surface area contributed by atoms with E-state index in [9.17, 15) is 9.59 Å². The minimum absolute atomic E-state index is 0.0214. The van der Waals surface area contributed by atoms with Gasteiger partial charge in [-0.25, -0.2) is 0 Å². The fourth-order valence-electron chi connectivity index (χ4n) is 4.11. The van der Waals surface area contributed by atoms with Crippen LogP contribution < -0.4 is 4.74 Å². The highest BCUT2D eigenvalue weighted by Crippen LogP contribution is 2.21. The Balaban J connectivity index is 1.85. The van der Waals surface area contributed by atoms with Gasteiger partial charge in [0.25, 0.3) is 0 Å². The number of hydrogen-bond acceptors (Lipinski definition) is 3. The Kier molecular flexibility index (Phi) is 8.97. The minimum Gasteiger partial charge on any atom is -0.497 e. The minimum atomic E-state index is -0.555. The molecule has 0 saturated carbocycles. The summed E-state index contributed by atoms with van der Waals surface area (Å²) in [4.78, 5) is 30.3. The molecule has 3 rings (SSSR count). The molecule has 0 fully saturated rings. The molecule has 6 heteroatoms. The first-order chi connectivity index (χ1) is 17.1. The largest absolute Gasteiger partial charge is 0.497 e. The molecule has 0 bridgehead atoms. The molecular weight excluding hydrogens is 450 g/mol. The molecule has 0 saturated heterocycles. The summed E-state index contributed by atoms with van der Waals surface area (Å²) in [6, 6.07) is 22.0. The quantitative estimate of drug-likeness (QED) is 0.385. The van der Waals surface area contributed by atoms with E-state index in [1.165, 1.54) is 0 Å². The first-order valence-corrected chi connectivity index (χ1v) is 12.5. The molecule has 0 aliphatic heterocycles. The maximum Gasteiger partial charge on any atom is 0.242 e. The summed E-state index contributed by atoms with van der Waals surface area (Å²) in [5.41, 5.74) is 2.64. The summed E-state index contributed by atoms with van der Waals surface area (Å²) in [5, 5.41) is 0. The average Bonchev–Trinajstić information content (AvgIpc) is 3.27. The molecule has 2 aromatic carbocycles. The second-order valence-corrected chi connectivity index (χ2v) is 10.5. The summed E-state index contributed by atoms with van der Waals surface area (Å²) >= 11 is 0. The van der Waals surface area contributed by atoms with Crippen molar-refractivity contribution in [3.8, 4) is 5.75 Å². The van der Waals surface area contributed by atoms with E-state index < -0.39 is 5.41 Å². The third-order valence-corrected chi connectivity index (χ3v) is 6.16. The van der Waals surface area contributed by atoms with Crippen LogP contribution in [0.15, 0.2) is 72.9 Å². The molecule has 0 unspecified atom stereocenters. The van der Waals surface area contributed by atoms with Crippen LogP contribution >= 0.6 is 0 Å². The molecule has 3 aromatic rings. The lowest BCUT2D eigenvalue weighted by Gasteiger charge is -2.34. The summed E-state index contributed by atoms with van der Waals surface area (Å²) in [6.07, 6.45) is 2.03. The molecular formula is C30H39N3O3.